The van der Waals surface area contributed by atoms with Crippen LogP contribution in [0.5, 0.6) is 0 Å². The number of hydrogen-bond acceptors (Lipinski definition) is 4. The first-order valence-corrected chi connectivity index (χ1v) is 9.07. The number of nitrogens with zero attached hydrogens (tertiary/aromatic N) is 2. The topological polar surface area (TPSA) is 59.5 Å². The highest BCUT2D eigenvalue weighted by Gasteiger charge is 2.61. The van der Waals surface area contributed by atoms with Crippen LogP contribution in [-0.2, 0) is 14.8 Å². The van der Waals surface area contributed by atoms with Crippen molar-refractivity contribution in [2.45, 2.75) is 36.6 Å². The van der Waals surface area contributed by atoms with Gasteiger partial charge >= 0.3 is 0 Å². The van der Waals surface area contributed by atoms with E-state index in [4.69, 9.17) is 4.74 Å². The van der Waals surface area contributed by atoms with Crippen molar-refractivity contribution < 1.29 is 13.2 Å². The molecule has 21 heavy (non-hydrogen) atoms. The molecule has 1 aromatic heterocycles. The molecule has 2 aliphatic heterocycles. The van der Waals surface area contributed by atoms with Gasteiger partial charge in [0.15, 0.2) is 0 Å². The third-order valence-corrected chi connectivity index (χ3v) is 7.02. The van der Waals surface area contributed by atoms with E-state index in [1.54, 1.807) is 22.6 Å². The number of aromatic nitrogens is 1. The number of ether oxygens (including phenoxy) is 1. The zero-order valence-corrected chi connectivity index (χ0v) is 12.8. The van der Waals surface area contributed by atoms with Crippen molar-refractivity contribution >= 4 is 10.0 Å². The van der Waals surface area contributed by atoms with Gasteiger partial charge in [0, 0.05) is 43.6 Å². The lowest BCUT2D eigenvalue weighted by Crippen LogP contribution is -2.68. The molecule has 5 nitrogen and oxygen atoms in total. The van der Waals surface area contributed by atoms with E-state index in [0.29, 0.717) is 17.4 Å². The summed E-state index contributed by atoms with van der Waals surface area (Å²) in [5, 5.41) is 0. The Labute approximate surface area is 125 Å². The molecular weight excluding hydrogens is 288 g/mol. The third-order valence-electron chi connectivity index (χ3n) is 5.21. The minimum atomic E-state index is -3.40. The van der Waals surface area contributed by atoms with Gasteiger partial charge in [-0.15, -0.1) is 0 Å². The van der Waals surface area contributed by atoms with Crippen molar-refractivity contribution in [1.29, 1.82) is 0 Å². The number of sulfonamides is 1. The van der Waals surface area contributed by atoms with Crippen molar-refractivity contribution in [3.05, 3.63) is 24.5 Å². The number of pyridine rings is 1. The number of hydrogen-bond donors (Lipinski definition) is 0. The first-order chi connectivity index (χ1) is 10.1. The second kappa shape index (κ2) is 4.76. The van der Waals surface area contributed by atoms with Crippen molar-refractivity contribution in [2.75, 3.05) is 19.8 Å². The largest absolute Gasteiger partial charge is 0.381 e. The predicted molar refractivity (Wildman–Crippen MR) is 77.1 cm³/mol. The van der Waals surface area contributed by atoms with E-state index in [-0.39, 0.29) is 11.5 Å². The average Bonchev–Trinajstić information content (AvgIpc) is 3.31. The first-order valence-electron chi connectivity index (χ1n) is 7.63. The van der Waals surface area contributed by atoms with Gasteiger partial charge in [-0.2, -0.15) is 4.31 Å². The highest BCUT2D eigenvalue weighted by molar-refractivity contribution is 7.89. The molecule has 1 unspecified atom stereocenters. The van der Waals surface area contributed by atoms with Gasteiger partial charge in [0.05, 0.1) is 0 Å². The van der Waals surface area contributed by atoms with Crippen molar-refractivity contribution in [2.24, 2.45) is 11.3 Å². The van der Waals surface area contributed by atoms with Gasteiger partial charge in [0.2, 0.25) is 10.0 Å². The van der Waals surface area contributed by atoms with Crippen molar-refractivity contribution in [1.82, 2.24) is 9.29 Å². The monoisotopic (exact) mass is 308 g/mol. The molecular formula is C15H20N2O3S. The minimum absolute atomic E-state index is 0.161. The lowest BCUT2D eigenvalue weighted by molar-refractivity contribution is -0.101. The zero-order valence-electron chi connectivity index (χ0n) is 11.9. The Bertz CT molecular complexity index is 622. The van der Waals surface area contributed by atoms with Crippen LogP contribution in [0.15, 0.2) is 29.4 Å². The van der Waals surface area contributed by atoms with E-state index in [2.05, 4.69) is 4.98 Å². The third kappa shape index (κ3) is 2.12. The maximum Gasteiger partial charge on any atom is 0.244 e. The molecule has 0 bridgehead atoms. The molecule has 0 amide bonds. The fraction of sp³-hybridized carbons (Fsp3) is 0.667. The highest BCUT2D eigenvalue weighted by atomic mass is 32.2. The van der Waals surface area contributed by atoms with Crippen LogP contribution in [0.25, 0.3) is 0 Å². The van der Waals surface area contributed by atoms with Crippen LogP contribution in [0.3, 0.4) is 0 Å². The second-order valence-electron chi connectivity index (χ2n) is 6.50. The Morgan fingerprint density at radius 1 is 1.29 bits per heavy atom. The molecule has 3 aliphatic rings. The summed E-state index contributed by atoms with van der Waals surface area (Å²) in [4.78, 5) is 4.27. The summed E-state index contributed by atoms with van der Waals surface area (Å²) < 4.78 is 32.9. The van der Waals surface area contributed by atoms with Gasteiger partial charge in [0.1, 0.15) is 4.90 Å². The Kier molecular flexibility index (Phi) is 3.10. The van der Waals surface area contributed by atoms with Crippen LogP contribution < -0.4 is 0 Å². The lowest BCUT2D eigenvalue weighted by Gasteiger charge is -2.58. The molecule has 4 rings (SSSR count). The summed E-state index contributed by atoms with van der Waals surface area (Å²) in [7, 11) is -3.40. The van der Waals surface area contributed by atoms with Gasteiger partial charge in [-0.05, 0) is 43.7 Å². The lowest BCUT2D eigenvalue weighted by atomic mass is 9.66. The molecule has 2 saturated heterocycles. The van der Waals surface area contributed by atoms with Crippen LogP contribution in [0, 0.1) is 11.3 Å². The van der Waals surface area contributed by atoms with E-state index in [1.165, 1.54) is 6.20 Å². The summed E-state index contributed by atoms with van der Waals surface area (Å²) in [6.07, 6.45) is 7.36. The Hall–Kier alpha value is -0.980. The average molecular weight is 308 g/mol. The molecule has 3 fully saturated rings. The van der Waals surface area contributed by atoms with Gasteiger partial charge in [-0.1, -0.05) is 0 Å². The summed E-state index contributed by atoms with van der Waals surface area (Å²) in [5.41, 5.74) is 0.161. The van der Waals surface area contributed by atoms with E-state index in [1.807, 2.05) is 0 Å². The van der Waals surface area contributed by atoms with Gasteiger partial charge < -0.3 is 4.74 Å². The SMILES string of the molecule is O=S(=O)(c1cccnc1)N1CC2(CCOCC2)C1C1CC1. The molecule has 3 heterocycles. The van der Waals surface area contributed by atoms with Crippen LogP contribution >= 0.6 is 0 Å². The van der Waals surface area contributed by atoms with E-state index in [0.717, 1.165) is 38.9 Å². The molecule has 1 aromatic rings. The number of rotatable bonds is 3. The second-order valence-corrected chi connectivity index (χ2v) is 8.39. The summed E-state index contributed by atoms with van der Waals surface area (Å²) in [6, 6.07) is 3.50. The van der Waals surface area contributed by atoms with Crippen LogP contribution in [-0.4, -0.2) is 43.5 Å². The maximum absolute atomic E-state index is 12.8. The first kappa shape index (κ1) is 13.7. The Balaban J connectivity index is 1.64. The van der Waals surface area contributed by atoms with E-state index in [9.17, 15) is 8.42 Å². The molecule has 1 aliphatic carbocycles. The summed E-state index contributed by atoms with van der Waals surface area (Å²) in [6.45, 7) is 2.18. The molecule has 1 spiro atoms. The van der Waals surface area contributed by atoms with Crippen molar-refractivity contribution in [3.8, 4) is 0 Å². The minimum Gasteiger partial charge on any atom is -0.381 e. The fourth-order valence-corrected chi connectivity index (χ4v) is 5.78. The summed E-state index contributed by atoms with van der Waals surface area (Å²) in [5.74, 6) is 0.545. The predicted octanol–water partition coefficient (Wildman–Crippen LogP) is 1.66. The zero-order chi connectivity index (χ0) is 14.5. The normalized spacial score (nSPS) is 29.2. The van der Waals surface area contributed by atoms with Crippen LogP contribution in [0.2, 0.25) is 0 Å². The molecule has 114 valence electrons. The van der Waals surface area contributed by atoms with E-state index >= 15 is 0 Å². The van der Waals surface area contributed by atoms with Crippen LogP contribution in [0.4, 0.5) is 0 Å². The standard InChI is InChI=1S/C15H20N2O3S/c18-21(19,13-2-1-7-16-10-13)17-11-15(5-8-20-9-6-15)14(17)12-3-4-12/h1-2,7,10,12,14H,3-6,8-9,11H2. The van der Waals surface area contributed by atoms with Gasteiger partial charge in [-0.3, -0.25) is 4.98 Å². The quantitative estimate of drug-likeness (QED) is 0.852. The van der Waals surface area contributed by atoms with Gasteiger partial charge in [-0.25, -0.2) is 8.42 Å². The van der Waals surface area contributed by atoms with Crippen molar-refractivity contribution in [3.63, 3.8) is 0 Å². The Morgan fingerprint density at radius 2 is 2.05 bits per heavy atom. The highest BCUT2D eigenvalue weighted by Crippen LogP contribution is 2.56. The maximum atomic E-state index is 12.8. The molecule has 6 heteroatoms. The molecule has 0 radical (unpaired) electrons. The molecule has 1 saturated carbocycles. The molecule has 1 atom stereocenters. The molecule has 0 N–H and O–H groups in total. The smallest absolute Gasteiger partial charge is 0.244 e. The summed E-state index contributed by atoms with van der Waals surface area (Å²) >= 11 is 0. The Morgan fingerprint density at radius 3 is 2.67 bits per heavy atom. The molecule has 0 aromatic carbocycles. The van der Waals surface area contributed by atoms with Gasteiger partial charge in [0.25, 0.3) is 0 Å². The van der Waals surface area contributed by atoms with Crippen LogP contribution in [0.1, 0.15) is 25.7 Å². The fourth-order valence-electron chi connectivity index (χ4n) is 3.94. The van der Waals surface area contributed by atoms with E-state index < -0.39 is 10.0 Å².